The van der Waals surface area contributed by atoms with Crippen LogP contribution in [-0.2, 0) is 9.53 Å². The molecule has 0 radical (unpaired) electrons. The fraction of sp³-hybridized carbons (Fsp3) is 0.889. The highest BCUT2D eigenvalue weighted by atomic mass is 16.5. The van der Waals surface area contributed by atoms with Crippen LogP contribution in [-0.4, -0.2) is 31.7 Å². The van der Waals surface area contributed by atoms with Crippen molar-refractivity contribution in [3.05, 3.63) is 0 Å². The average molecular weight is 188 g/mol. The molecule has 0 bridgehead atoms. The molecule has 0 aromatic heterocycles. The number of nitrogens with two attached hydrogens (primary N) is 1. The van der Waals surface area contributed by atoms with Crippen molar-refractivity contribution in [2.75, 3.05) is 20.3 Å². The zero-order chi connectivity index (χ0) is 10.3. The molecule has 3 N–H and O–H groups in total. The van der Waals surface area contributed by atoms with Gasteiger partial charge in [0.1, 0.15) is 0 Å². The van der Waals surface area contributed by atoms with Gasteiger partial charge in [-0.05, 0) is 26.7 Å². The minimum Gasteiger partial charge on any atom is -0.385 e. The molecule has 0 aliphatic rings. The molecule has 0 aliphatic heterocycles. The van der Waals surface area contributed by atoms with Gasteiger partial charge >= 0.3 is 0 Å². The normalized spacial score (nSPS) is 11.4. The summed E-state index contributed by atoms with van der Waals surface area (Å²) >= 11 is 0. The van der Waals surface area contributed by atoms with Gasteiger partial charge in [0.05, 0.1) is 5.54 Å². The number of rotatable bonds is 6. The summed E-state index contributed by atoms with van der Waals surface area (Å²) in [5, 5.41) is 2.76. The third-order valence-corrected chi connectivity index (χ3v) is 1.65. The number of nitrogens with one attached hydrogen (secondary N) is 1. The number of amides is 1. The molecular formula is C9H20N2O2. The van der Waals surface area contributed by atoms with Gasteiger partial charge in [0.25, 0.3) is 0 Å². The first-order valence-electron chi connectivity index (χ1n) is 4.54. The van der Waals surface area contributed by atoms with E-state index < -0.39 is 5.54 Å². The quantitative estimate of drug-likeness (QED) is 0.588. The van der Waals surface area contributed by atoms with E-state index in [4.69, 9.17) is 10.5 Å². The van der Waals surface area contributed by atoms with Crippen LogP contribution in [0.3, 0.4) is 0 Å². The number of carbonyl (C=O) groups excluding carboxylic acids is 1. The van der Waals surface area contributed by atoms with E-state index in [1.165, 1.54) is 0 Å². The van der Waals surface area contributed by atoms with E-state index in [0.717, 1.165) is 19.4 Å². The fourth-order valence-electron chi connectivity index (χ4n) is 0.801. The molecule has 0 aromatic carbocycles. The van der Waals surface area contributed by atoms with Crippen LogP contribution in [0.25, 0.3) is 0 Å². The van der Waals surface area contributed by atoms with Gasteiger partial charge in [-0.2, -0.15) is 0 Å². The van der Waals surface area contributed by atoms with Gasteiger partial charge in [0.2, 0.25) is 5.91 Å². The van der Waals surface area contributed by atoms with Gasteiger partial charge in [-0.25, -0.2) is 0 Å². The van der Waals surface area contributed by atoms with E-state index in [2.05, 4.69) is 5.32 Å². The Morgan fingerprint density at radius 1 is 1.46 bits per heavy atom. The summed E-state index contributed by atoms with van der Waals surface area (Å²) in [6.07, 6.45) is 1.89. The lowest BCUT2D eigenvalue weighted by Crippen LogP contribution is -2.49. The average Bonchev–Trinajstić information content (AvgIpc) is 2.02. The van der Waals surface area contributed by atoms with Crippen molar-refractivity contribution < 1.29 is 9.53 Å². The molecule has 0 atom stereocenters. The molecule has 0 spiro atoms. The molecule has 0 unspecified atom stereocenters. The molecule has 4 nitrogen and oxygen atoms in total. The van der Waals surface area contributed by atoms with Gasteiger partial charge in [0.15, 0.2) is 0 Å². The van der Waals surface area contributed by atoms with E-state index in [9.17, 15) is 4.79 Å². The zero-order valence-corrected chi connectivity index (χ0v) is 8.72. The predicted octanol–water partition coefficient (Wildman–Crippen LogP) is 0.267. The smallest absolute Gasteiger partial charge is 0.239 e. The van der Waals surface area contributed by atoms with E-state index in [1.807, 2.05) is 0 Å². The van der Waals surface area contributed by atoms with Crippen molar-refractivity contribution in [1.29, 1.82) is 0 Å². The van der Waals surface area contributed by atoms with Crippen LogP contribution >= 0.6 is 0 Å². The molecular weight excluding hydrogens is 168 g/mol. The number of hydrogen-bond donors (Lipinski definition) is 2. The lowest BCUT2D eigenvalue weighted by atomic mass is 10.1. The Bertz CT molecular complexity index is 152. The van der Waals surface area contributed by atoms with Crippen molar-refractivity contribution in [3.8, 4) is 0 Å². The van der Waals surface area contributed by atoms with Gasteiger partial charge in [0, 0.05) is 20.3 Å². The van der Waals surface area contributed by atoms with Gasteiger partial charge < -0.3 is 15.8 Å². The number of ether oxygens (including phenoxy) is 1. The summed E-state index contributed by atoms with van der Waals surface area (Å²) in [5.74, 6) is -0.107. The van der Waals surface area contributed by atoms with Crippen molar-refractivity contribution in [1.82, 2.24) is 5.32 Å². The minimum absolute atomic E-state index is 0.107. The number of methoxy groups -OCH3 is 1. The monoisotopic (exact) mass is 188 g/mol. The first-order chi connectivity index (χ1) is 5.98. The van der Waals surface area contributed by atoms with Crippen LogP contribution in [0.5, 0.6) is 0 Å². The second-order valence-corrected chi connectivity index (χ2v) is 3.68. The Labute approximate surface area is 79.8 Å². The molecule has 78 valence electrons. The molecule has 4 heteroatoms. The molecule has 0 heterocycles. The topological polar surface area (TPSA) is 64.3 Å². The van der Waals surface area contributed by atoms with Crippen molar-refractivity contribution in [2.24, 2.45) is 5.73 Å². The molecule has 0 aliphatic carbocycles. The van der Waals surface area contributed by atoms with Crippen LogP contribution in [0.1, 0.15) is 26.7 Å². The number of unbranched alkanes of at least 4 members (excludes halogenated alkanes) is 1. The lowest BCUT2D eigenvalue weighted by Gasteiger charge is -2.17. The summed E-state index contributed by atoms with van der Waals surface area (Å²) < 4.78 is 4.88. The SMILES string of the molecule is COCCCCNC(=O)C(C)(C)N. The third kappa shape index (κ3) is 6.54. The molecule has 0 aromatic rings. The van der Waals surface area contributed by atoms with Crippen LogP contribution < -0.4 is 11.1 Å². The first kappa shape index (κ1) is 12.4. The van der Waals surface area contributed by atoms with Gasteiger partial charge in [-0.1, -0.05) is 0 Å². The lowest BCUT2D eigenvalue weighted by molar-refractivity contribution is -0.125. The number of hydrogen-bond acceptors (Lipinski definition) is 3. The highest BCUT2D eigenvalue weighted by Crippen LogP contribution is 1.96. The molecule has 1 amide bonds. The number of carbonyl (C=O) groups is 1. The van der Waals surface area contributed by atoms with Gasteiger partial charge in [-0.15, -0.1) is 0 Å². The summed E-state index contributed by atoms with van der Waals surface area (Å²) in [5.41, 5.74) is 4.81. The maximum Gasteiger partial charge on any atom is 0.239 e. The van der Waals surface area contributed by atoms with Crippen LogP contribution in [0.4, 0.5) is 0 Å². The van der Waals surface area contributed by atoms with Crippen molar-refractivity contribution in [3.63, 3.8) is 0 Å². The Balaban J connectivity index is 3.38. The van der Waals surface area contributed by atoms with E-state index in [0.29, 0.717) is 6.54 Å². The summed E-state index contributed by atoms with van der Waals surface area (Å²) in [7, 11) is 1.67. The Hall–Kier alpha value is -0.610. The van der Waals surface area contributed by atoms with E-state index in [1.54, 1.807) is 21.0 Å². The fourth-order valence-corrected chi connectivity index (χ4v) is 0.801. The van der Waals surface area contributed by atoms with Crippen LogP contribution in [0.2, 0.25) is 0 Å². The van der Waals surface area contributed by atoms with Gasteiger partial charge in [-0.3, -0.25) is 4.79 Å². The summed E-state index contributed by atoms with van der Waals surface area (Å²) in [4.78, 5) is 11.2. The van der Waals surface area contributed by atoms with Crippen LogP contribution in [0, 0.1) is 0 Å². The Morgan fingerprint density at radius 2 is 2.08 bits per heavy atom. The second-order valence-electron chi connectivity index (χ2n) is 3.68. The van der Waals surface area contributed by atoms with Crippen molar-refractivity contribution >= 4 is 5.91 Å². The summed E-state index contributed by atoms with van der Waals surface area (Å²) in [6.45, 7) is 4.79. The molecule has 0 saturated heterocycles. The molecule has 0 rings (SSSR count). The Kier molecular flexibility index (Phi) is 5.66. The van der Waals surface area contributed by atoms with E-state index in [-0.39, 0.29) is 5.91 Å². The van der Waals surface area contributed by atoms with Crippen LogP contribution in [0.15, 0.2) is 0 Å². The third-order valence-electron chi connectivity index (χ3n) is 1.65. The highest BCUT2D eigenvalue weighted by Gasteiger charge is 2.20. The molecule has 13 heavy (non-hydrogen) atoms. The first-order valence-corrected chi connectivity index (χ1v) is 4.54. The maximum atomic E-state index is 11.2. The zero-order valence-electron chi connectivity index (χ0n) is 8.72. The molecule has 0 fully saturated rings. The van der Waals surface area contributed by atoms with E-state index >= 15 is 0 Å². The predicted molar refractivity (Wildman–Crippen MR) is 52.4 cm³/mol. The highest BCUT2D eigenvalue weighted by molar-refractivity contribution is 5.84. The maximum absolute atomic E-state index is 11.2. The molecule has 0 saturated carbocycles. The van der Waals surface area contributed by atoms with Crippen molar-refractivity contribution in [2.45, 2.75) is 32.2 Å². The Morgan fingerprint density at radius 3 is 2.54 bits per heavy atom. The largest absolute Gasteiger partial charge is 0.385 e. The standard InChI is InChI=1S/C9H20N2O2/c1-9(2,10)8(12)11-6-4-5-7-13-3/h4-7,10H2,1-3H3,(H,11,12). The second kappa shape index (κ2) is 5.94. The minimum atomic E-state index is -0.777. The summed E-state index contributed by atoms with van der Waals surface area (Å²) in [6, 6.07) is 0.